The van der Waals surface area contributed by atoms with Crippen molar-refractivity contribution in [1.82, 2.24) is 0 Å². The van der Waals surface area contributed by atoms with Gasteiger partial charge in [-0.05, 0) is 45.2 Å². The Morgan fingerprint density at radius 2 is 2.10 bits per heavy atom. The minimum Gasteiger partial charge on any atom is -0.479 e. The van der Waals surface area contributed by atoms with Crippen LogP contribution in [0.2, 0.25) is 0 Å². The van der Waals surface area contributed by atoms with Gasteiger partial charge < -0.3 is 14.2 Å². The van der Waals surface area contributed by atoms with E-state index in [4.69, 9.17) is 14.2 Å². The first-order valence-electron chi connectivity index (χ1n) is 7.17. The first kappa shape index (κ1) is 14.9. The van der Waals surface area contributed by atoms with Crippen LogP contribution in [0.1, 0.15) is 31.7 Å². The average molecular weight is 278 g/mol. The van der Waals surface area contributed by atoms with Crippen molar-refractivity contribution in [2.24, 2.45) is 0 Å². The highest BCUT2D eigenvalue weighted by Gasteiger charge is 2.20. The molecule has 0 amide bonds. The smallest absolute Gasteiger partial charge is 0.347 e. The van der Waals surface area contributed by atoms with E-state index in [1.807, 2.05) is 31.2 Å². The minimum absolute atomic E-state index is 0.0410. The lowest BCUT2D eigenvalue weighted by molar-refractivity contribution is -0.156. The minimum atomic E-state index is -0.610. The zero-order valence-electron chi connectivity index (χ0n) is 12.1. The van der Waals surface area contributed by atoms with Crippen LogP contribution in [-0.2, 0) is 14.3 Å². The molecule has 1 heterocycles. The third kappa shape index (κ3) is 4.53. The van der Waals surface area contributed by atoms with E-state index in [-0.39, 0.29) is 12.1 Å². The van der Waals surface area contributed by atoms with Gasteiger partial charge >= 0.3 is 5.97 Å². The fourth-order valence-corrected chi connectivity index (χ4v) is 2.10. The third-order valence-electron chi connectivity index (χ3n) is 3.35. The first-order chi connectivity index (χ1) is 9.65. The second-order valence-corrected chi connectivity index (χ2v) is 5.19. The van der Waals surface area contributed by atoms with Crippen LogP contribution in [0.3, 0.4) is 0 Å². The van der Waals surface area contributed by atoms with Crippen molar-refractivity contribution in [2.45, 2.75) is 45.3 Å². The molecule has 1 aromatic carbocycles. The Morgan fingerprint density at radius 3 is 2.75 bits per heavy atom. The predicted octanol–water partition coefficient (Wildman–Crippen LogP) is 2.87. The Morgan fingerprint density at radius 1 is 1.35 bits per heavy atom. The topological polar surface area (TPSA) is 44.8 Å². The lowest BCUT2D eigenvalue weighted by Gasteiger charge is -2.23. The molecular weight excluding hydrogens is 256 g/mol. The molecule has 1 fully saturated rings. The molecule has 2 unspecified atom stereocenters. The summed E-state index contributed by atoms with van der Waals surface area (Å²) in [6.45, 7) is 4.79. The van der Waals surface area contributed by atoms with Crippen LogP contribution in [0, 0.1) is 6.92 Å². The zero-order valence-corrected chi connectivity index (χ0v) is 12.1. The molecular formula is C16H22O4. The van der Waals surface area contributed by atoms with Crippen LogP contribution in [0.15, 0.2) is 24.3 Å². The van der Waals surface area contributed by atoms with Crippen LogP contribution in [-0.4, -0.2) is 31.4 Å². The quantitative estimate of drug-likeness (QED) is 0.777. The van der Waals surface area contributed by atoms with E-state index in [2.05, 4.69) is 0 Å². The molecule has 0 saturated carbocycles. The van der Waals surface area contributed by atoms with Gasteiger partial charge in [0.1, 0.15) is 12.4 Å². The second kappa shape index (κ2) is 7.29. The van der Waals surface area contributed by atoms with Gasteiger partial charge in [-0.15, -0.1) is 0 Å². The Balaban J connectivity index is 1.75. The summed E-state index contributed by atoms with van der Waals surface area (Å²) in [5.41, 5.74) is 1.15. The van der Waals surface area contributed by atoms with Gasteiger partial charge in [0, 0.05) is 6.61 Å². The van der Waals surface area contributed by atoms with Crippen molar-refractivity contribution in [3.8, 4) is 5.75 Å². The molecule has 1 aromatic rings. The summed E-state index contributed by atoms with van der Waals surface area (Å²) in [5.74, 6) is 0.328. The molecule has 2 atom stereocenters. The van der Waals surface area contributed by atoms with Crippen LogP contribution < -0.4 is 4.74 Å². The van der Waals surface area contributed by atoms with Gasteiger partial charge in [-0.2, -0.15) is 0 Å². The summed E-state index contributed by atoms with van der Waals surface area (Å²) in [7, 11) is 0. The molecule has 0 spiro atoms. The molecule has 20 heavy (non-hydrogen) atoms. The Bertz CT molecular complexity index is 421. The van der Waals surface area contributed by atoms with Crippen molar-refractivity contribution in [1.29, 1.82) is 0 Å². The standard InChI is InChI=1S/C16H22O4/c1-12-6-8-14(9-7-12)20-13(2)16(17)19-11-15-5-3-4-10-18-15/h6-9,13,15H,3-5,10-11H2,1-2H3. The predicted molar refractivity (Wildman–Crippen MR) is 75.8 cm³/mol. The van der Waals surface area contributed by atoms with Gasteiger partial charge in [0.2, 0.25) is 0 Å². The molecule has 1 aliphatic rings. The summed E-state index contributed by atoms with van der Waals surface area (Å²) < 4.78 is 16.3. The average Bonchev–Trinajstić information content (AvgIpc) is 2.48. The molecule has 2 rings (SSSR count). The van der Waals surface area contributed by atoms with Gasteiger partial charge in [-0.25, -0.2) is 4.79 Å². The van der Waals surface area contributed by atoms with Crippen LogP contribution in [0.4, 0.5) is 0 Å². The molecule has 1 saturated heterocycles. The van der Waals surface area contributed by atoms with E-state index in [1.54, 1.807) is 6.92 Å². The fourth-order valence-electron chi connectivity index (χ4n) is 2.10. The number of rotatable bonds is 5. The summed E-state index contributed by atoms with van der Waals surface area (Å²) in [6, 6.07) is 7.60. The molecule has 0 aliphatic carbocycles. The normalized spacial score (nSPS) is 20.2. The van der Waals surface area contributed by atoms with Crippen molar-refractivity contribution in [3.05, 3.63) is 29.8 Å². The monoisotopic (exact) mass is 278 g/mol. The molecule has 0 radical (unpaired) electrons. The van der Waals surface area contributed by atoms with Crippen LogP contribution in [0.25, 0.3) is 0 Å². The first-order valence-corrected chi connectivity index (χ1v) is 7.17. The fraction of sp³-hybridized carbons (Fsp3) is 0.562. The maximum Gasteiger partial charge on any atom is 0.347 e. The molecule has 0 N–H and O–H groups in total. The summed E-state index contributed by atoms with van der Waals surface area (Å²) >= 11 is 0. The molecule has 110 valence electrons. The van der Waals surface area contributed by atoms with Gasteiger partial charge in [0.25, 0.3) is 0 Å². The Kier molecular flexibility index (Phi) is 5.41. The second-order valence-electron chi connectivity index (χ2n) is 5.19. The maximum absolute atomic E-state index is 11.9. The van der Waals surface area contributed by atoms with E-state index in [0.717, 1.165) is 31.4 Å². The van der Waals surface area contributed by atoms with Gasteiger partial charge in [0.15, 0.2) is 6.10 Å². The Hall–Kier alpha value is -1.55. The largest absolute Gasteiger partial charge is 0.479 e. The maximum atomic E-state index is 11.9. The van der Waals surface area contributed by atoms with E-state index in [9.17, 15) is 4.79 Å². The zero-order chi connectivity index (χ0) is 14.4. The van der Waals surface area contributed by atoms with Crippen LogP contribution >= 0.6 is 0 Å². The molecule has 0 bridgehead atoms. The summed E-state index contributed by atoms with van der Waals surface area (Å²) in [4.78, 5) is 11.9. The lowest BCUT2D eigenvalue weighted by Crippen LogP contribution is -2.31. The van der Waals surface area contributed by atoms with Gasteiger partial charge in [-0.1, -0.05) is 17.7 Å². The van der Waals surface area contributed by atoms with Gasteiger partial charge in [0.05, 0.1) is 6.10 Å². The van der Waals surface area contributed by atoms with Crippen molar-refractivity contribution >= 4 is 5.97 Å². The Labute approximate surface area is 120 Å². The highest BCUT2D eigenvalue weighted by Crippen LogP contribution is 2.15. The van der Waals surface area contributed by atoms with Crippen molar-refractivity contribution in [2.75, 3.05) is 13.2 Å². The van der Waals surface area contributed by atoms with E-state index in [1.165, 1.54) is 0 Å². The SMILES string of the molecule is Cc1ccc(OC(C)C(=O)OCC2CCCCO2)cc1. The number of aryl methyl sites for hydroxylation is 1. The van der Waals surface area contributed by atoms with Crippen LogP contribution in [0.5, 0.6) is 5.75 Å². The van der Waals surface area contributed by atoms with Crippen molar-refractivity contribution < 1.29 is 19.0 Å². The van der Waals surface area contributed by atoms with E-state index >= 15 is 0 Å². The third-order valence-corrected chi connectivity index (χ3v) is 3.35. The summed E-state index contributed by atoms with van der Waals surface area (Å²) in [6.07, 6.45) is 2.62. The summed E-state index contributed by atoms with van der Waals surface area (Å²) in [5, 5.41) is 0. The molecule has 0 aromatic heterocycles. The number of carbonyl (C=O) groups is 1. The van der Waals surface area contributed by atoms with Crippen molar-refractivity contribution in [3.63, 3.8) is 0 Å². The molecule has 4 heteroatoms. The van der Waals surface area contributed by atoms with Gasteiger partial charge in [-0.3, -0.25) is 0 Å². The van der Waals surface area contributed by atoms with E-state index < -0.39 is 6.10 Å². The number of carbonyl (C=O) groups excluding carboxylic acids is 1. The number of hydrogen-bond donors (Lipinski definition) is 0. The highest BCUT2D eigenvalue weighted by molar-refractivity contribution is 5.74. The number of benzene rings is 1. The number of hydrogen-bond acceptors (Lipinski definition) is 4. The lowest BCUT2D eigenvalue weighted by atomic mass is 10.1. The molecule has 4 nitrogen and oxygen atoms in total. The molecule has 1 aliphatic heterocycles. The van der Waals surface area contributed by atoms with E-state index in [0.29, 0.717) is 12.4 Å². The highest BCUT2D eigenvalue weighted by atomic mass is 16.6. The number of esters is 1. The number of ether oxygens (including phenoxy) is 3.